The van der Waals surface area contributed by atoms with Crippen LogP contribution < -0.4 is 5.32 Å². The third-order valence-electron chi connectivity index (χ3n) is 3.94. The number of rotatable bonds is 6. The standard InChI is InChI=1S/C15H20N2O2/c1-11-17-13-3-2-12(8-14(13)19-11)4-7-16-9-15(10-18)5-6-15/h2-3,8,16,18H,4-7,9-10H2,1H3. The van der Waals surface area contributed by atoms with Crippen LogP contribution in [0.25, 0.3) is 11.1 Å². The van der Waals surface area contributed by atoms with E-state index in [1.807, 2.05) is 13.0 Å². The van der Waals surface area contributed by atoms with Gasteiger partial charge >= 0.3 is 0 Å². The summed E-state index contributed by atoms with van der Waals surface area (Å²) >= 11 is 0. The molecule has 0 saturated heterocycles. The summed E-state index contributed by atoms with van der Waals surface area (Å²) in [5, 5.41) is 12.7. The fraction of sp³-hybridized carbons (Fsp3) is 0.533. The summed E-state index contributed by atoms with van der Waals surface area (Å²) in [5.74, 6) is 0.712. The van der Waals surface area contributed by atoms with Gasteiger partial charge in [0.15, 0.2) is 11.5 Å². The molecular weight excluding hydrogens is 240 g/mol. The number of aliphatic hydroxyl groups is 1. The predicted octanol–water partition coefficient (Wildman–Crippen LogP) is 2.04. The molecule has 19 heavy (non-hydrogen) atoms. The number of benzene rings is 1. The highest BCUT2D eigenvalue weighted by Crippen LogP contribution is 2.44. The number of nitrogens with zero attached hydrogens (tertiary/aromatic N) is 1. The lowest BCUT2D eigenvalue weighted by molar-refractivity contribution is 0.208. The van der Waals surface area contributed by atoms with Crippen molar-refractivity contribution in [3.63, 3.8) is 0 Å². The summed E-state index contributed by atoms with van der Waals surface area (Å²) in [6.07, 6.45) is 3.27. The van der Waals surface area contributed by atoms with E-state index in [-0.39, 0.29) is 5.41 Å². The van der Waals surface area contributed by atoms with Crippen LogP contribution in [0, 0.1) is 12.3 Å². The number of aryl methyl sites for hydroxylation is 1. The monoisotopic (exact) mass is 260 g/mol. The fourth-order valence-electron chi connectivity index (χ4n) is 2.39. The highest BCUT2D eigenvalue weighted by atomic mass is 16.3. The maximum atomic E-state index is 9.23. The second-order valence-corrected chi connectivity index (χ2v) is 5.62. The lowest BCUT2D eigenvalue weighted by atomic mass is 10.1. The van der Waals surface area contributed by atoms with Crippen molar-refractivity contribution in [1.82, 2.24) is 10.3 Å². The fourth-order valence-corrected chi connectivity index (χ4v) is 2.39. The van der Waals surface area contributed by atoms with Crippen molar-refractivity contribution in [2.75, 3.05) is 19.7 Å². The second kappa shape index (κ2) is 4.94. The Balaban J connectivity index is 1.53. The summed E-state index contributed by atoms with van der Waals surface area (Å²) in [5.41, 5.74) is 3.23. The van der Waals surface area contributed by atoms with Gasteiger partial charge in [-0.25, -0.2) is 4.98 Å². The van der Waals surface area contributed by atoms with Crippen molar-refractivity contribution in [2.45, 2.75) is 26.2 Å². The van der Waals surface area contributed by atoms with E-state index in [2.05, 4.69) is 22.4 Å². The van der Waals surface area contributed by atoms with Crippen LogP contribution in [0.2, 0.25) is 0 Å². The van der Waals surface area contributed by atoms with Crippen LogP contribution in [-0.4, -0.2) is 29.8 Å². The molecule has 1 aromatic heterocycles. The quantitative estimate of drug-likeness (QED) is 0.780. The molecule has 0 radical (unpaired) electrons. The topological polar surface area (TPSA) is 58.3 Å². The molecule has 102 valence electrons. The predicted molar refractivity (Wildman–Crippen MR) is 74.1 cm³/mol. The Morgan fingerprint density at radius 3 is 3.00 bits per heavy atom. The first-order valence-electron chi connectivity index (χ1n) is 6.88. The Bertz CT molecular complexity index is 573. The SMILES string of the molecule is Cc1nc2ccc(CCNCC3(CO)CC3)cc2o1. The van der Waals surface area contributed by atoms with E-state index in [1.54, 1.807) is 0 Å². The zero-order chi connectivity index (χ0) is 13.3. The first kappa shape index (κ1) is 12.6. The molecule has 0 spiro atoms. The van der Waals surface area contributed by atoms with Crippen LogP contribution in [0.5, 0.6) is 0 Å². The van der Waals surface area contributed by atoms with E-state index in [1.165, 1.54) is 5.56 Å². The van der Waals surface area contributed by atoms with Crippen LogP contribution in [0.1, 0.15) is 24.3 Å². The van der Waals surface area contributed by atoms with Gasteiger partial charge < -0.3 is 14.8 Å². The molecule has 1 aliphatic rings. The van der Waals surface area contributed by atoms with Gasteiger partial charge in [-0.3, -0.25) is 0 Å². The number of aromatic nitrogens is 1. The molecule has 2 N–H and O–H groups in total. The molecule has 3 rings (SSSR count). The number of fused-ring (bicyclic) bond motifs is 1. The molecule has 0 atom stereocenters. The lowest BCUT2D eigenvalue weighted by Gasteiger charge is -2.12. The van der Waals surface area contributed by atoms with E-state index >= 15 is 0 Å². The largest absolute Gasteiger partial charge is 0.441 e. The Labute approximate surface area is 112 Å². The van der Waals surface area contributed by atoms with Gasteiger partial charge in [0.2, 0.25) is 0 Å². The molecule has 1 saturated carbocycles. The van der Waals surface area contributed by atoms with Crippen LogP contribution >= 0.6 is 0 Å². The highest BCUT2D eigenvalue weighted by molar-refractivity contribution is 5.73. The van der Waals surface area contributed by atoms with Crippen LogP contribution in [0.3, 0.4) is 0 Å². The first-order chi connectivity index (χ1) is 9.21. The number of hydrogen-bond donors (Lipinski definition) is 2. The van der Waals surface area contributed by atoms with Crippen LogP contribution in [0.4, 0.5) is 0 Å². The molecule has 0 aliphatic heterocycles. The summed E-state index contributed by atoms with van der Waals surface area (Å²) in [6.45, 7) is 4.03. The molecule has 4 nitrogen and oxygen atoms in total. The summed E-state index contributed by atoms with van der Waals surface area (Å²) in [6, 6.07) is 6.18. The molecule has 2 aromatic rings. The first-order valence-corrected chi connectivity index (χ1v) is 6.88. The molecule has 1 heterocycles. The van der Waals surface area contributed by atoms with Crippen molar-refractivity contribution >= 4 is 11.1 Å². The van der Waals surface area contributed by atoms with Gasteiger partial charge in [-0.05, 0) is 43.5 Å². The van der Waals surface area contributed by atoms with Crippen molar-refractivity contribution in [2.24, 2.45) is 5.41 Å². The van der Waals surface area contributed by atoms with Gasteiger partial charge in [0.05, 0.1) is 0 Å². The van der Waals surface area contributed by atoms with E-state index in [4.69, 9.17) is 4.42 Å². The Hall–Kier alpha value is -1.39. The van der Waals surface area contributed by atoms with Gasteiger partial charge in [-0.2, -0.15) is 0 Å². The van der Waals surface area contributed by atoms with Gasteiger partial charge in [0.1, 0.15) is 5.52 Å². The Kier molecular flexibility index (Phi) is 3.29. The van der Waals surface area contributed by atoms with Crippen molar-refractivity contribution in [1.29, 1.82) is 0 Å². The third kappa shape index (κ3) is 2.80. The van der Waals surface area contributed by atoms with Gasteiger partial charge in [-0.1, -0.05) is 6.07 Å². The molecule has 1 fully saturated rings. The Morgan fingerprint density at radius 2 is 2.26 bits per heavy atom. The van der Waals surface area contributed by atoms with Crippen molar-refractivity contribution in [3.05, 3.63) is 29.7 Å². The zero-order valence-electron chi connectivity index (χ0n) is 11.3. The molecule has 4 heteroatoms. The van der Waals surface area contributed by atoms with Crippen LogP contribution in [0.15, 0.2) is 22.6 Å². The number of aliphatic hydroxyl groups excluding tert-OH is 1. The maximum absolute atomic E-state index is 9.23. The minimum atomic E-state index is 0.187. The molecular formula is C15H20N2O2. The van der Waals surface area contributed by atoms with Crippen molar-refractivity contribution in [3.8, 4) is 0 Å². The van der Waals surface area contributed by atoms with E-state index in [0.717, 1.165) is 43.5 Å². The summed E-state index contributed by atoms with van der Waals surface area (Å²) < 4.78 is 5.53. The average molecular weight is 260 g/mol. The maximum Gasteiger partial charge on any atom is 0.192 e. The molecule has 0 amide bonds. The lowest BCUT2D eigenvalue weighted by Crippen LogP contribution is -2.28. The highest BCUT2D eigenvalue weighted by Gasteiger charge is 2.41. The molecule has 0 bridgehead atoms. The van der Waals surface area contributed by atoms with Crippen molar-refractivity contribution < 1.29 is 9.52 Å². The normalized spacial score (nSPS) is 16.9. The summed E-state index contributed by atoms with van der Waals surface area (Å²) in [7, 11) is 0. The summed E-state index contributed by atoms with van der Waals surface area (Å²) in [4.78, 5) is 4.29. The third-order valence-corrected chi connectivity index (χ3v) is 3.94. The average Bonchev–Trinajstić information content (AvgIpc) is 3.09. The minimum Gasteiger partial charge on any atom is -0.441 e. The number of oxazole rings is 1. The van der Waals surface area contributed by atoms with Crippen LogP contribution in [-0.2, 0) is 6.42 Å². The minimum absolute atomic E-state index is 0.187. The van der Waals surface area contributed by atoms with E-state index < -0.39 is 0 Å². The Morgan fingerprint density at radius 1 is 1.42 bits per heavy atom. The zero-order valence-corrected chi connectivity index (χ0v) is 11.3. The van der Waals surface area contributed by atoms with Gasteiger partial charge in [0.25, 0.3) is 0 Å². The molecule has 0 unspecified atom stereocenters. The molecule has 1 aromatic carbocycles. The molecule has 1 aliphatic carbocycles. The number of nitrogens with one attached hydrogen (secondary N) is 1. The van der Waals surface area contributed by atoms with E-state index in [0.29, 0.717) is 12.5 Å². The number of hydrogen-bond acceptors (Lipinski definition) is 4. The second-order valence-electron chi connectivity index (χ2n) is 5.62. The van der Waals surface area contributed by atoms with Gasteiger partial charge in [-0.15, -0.1) is 0 Å². The van der Waals surface area contributed by atoms with Gasteiger partial charge in [0, 0.05) is 25.5 Å². The smallest absolute Gasteiger partial charge is 0.192 e. The van der Waals surface area contributed by atoms with E-state index in [9.17, 15) is 5.11 Å².